The lowest BCUT2D eigenvalue weighted by molar-refractivity contribution is -0.212. The number of carbonyl (C=O) groups is 1. The van der Waals surface area contributed by atoms with E-state index < -0.39 is 30.5 Å². The molecule has 0 bridgehead atoms. The van der Waals surface area contributed by atoms with Crippen LogP contribution in [0.2, 0.25) is 0 Å². The van der Waals surface area contributed by atoms with Gasteiger partial charge in [0.2, 0.25) is 0 Å². The number of alkyl halides is 4. The van der Waals surface area contributed by atoms with E-state index >= 15 is 0 Å². The normalized spacial score (nSPS) is 17.0. The molecular formula is C14H15F4NO3. The standard InChI is InChI=1S/C14H15F4NO3/c15-11(16)8-22-10-5-2-1-4-9(10)19-12(20)14(17,18)13(21)6-3-7-13/h1-2,4-5,11,21H,3,6-8H2,(H,19,20). The highest BCUT2D eigenvalue weighted by molar-refractivity contribution is 5.98. The Hall–Kier alpha value is -1.83. The third-order valence-electron chi connectivity index (χ3n) is 3.55. The first-order valence-electron chi connectivity index (χ1n) is 6.68. The second-order valence-electron chi connectivity index (χ2n) is 5.11. The van der Waals surface area contributed by atoms with Crippen LogP contribution >= 0.6 is 0 Å². The van der Waals surface area contributed by atoms with Crippen LogP contribution in [0.1, 0.15) is 19.3 Å². The van der Waals surface area contributed by atoms with Gasteiger partial charge in [-0.1, -0.05) is 12.1 Å². The van der Waals surface area contributed by atoms with E-state index in [1.807, 2.05) is 5.32 Å². The van der Waals surface area contributed by atoms with Crippen molar-refractivity contribution in [2.75, 3.05) is 11.9 Å². The summed E-state index contributed by atoms with van der Waals surface area (Å²) in [5.74, 6) is -5.81. The van der Waals surface area contributed by atoms with Gasteiger partial charge in [0.1, 0.15) is 18.0 Å². The monoisotopic (exact) mass is 321 g/mol. The van der Waals surface area contributed by atoms with E-state index in [-0.39, 0.29) is 24.3 Å². The Labute approximate surface area is 124 Å². The number of halogens is 4. The minimum atomic E-state index is -3.97. The molecule has 0 aliphatic heterocycles. The first kappa shape index (κ1) is 16.5. The van der Waals surface area contributed by atoms with Gasteiger partial charge in [0.05, 0.1) is 5.69 Å². The molecule has 0 radical (unpaired) electrons. The maximum Gasteiger partial charge on any atom is 0.352 e. The van der Waals surface area contributed by atoms with E-state index in [9.17, 15) is 27.5 Å². The van der Waals surface area contributed by atoms with Crippen LogP contribution in [-0.2, 0) is 4.79 Å². The number of rotatable bonds is 6. The van der Waals surface area contributed by atoms with Crippen LogP contribution in [0.4, 0.5) is 23.2 Å². The van der Waals surface area contributed by atoms with E-state index in [2.05, 4.69) is 0 Å². The SMILES string of the molecule is O=C(Nc1ccccc1OCC(F)F)C(F)(F)C1(O)CCC1. The van der Waals surface area contributed by atoms with Crippen LogP contribution in [0.3, 0.4) is 0 Å². The number of benzene rings is 1. The second kappa shape index (κ2) is 6.12. The summed E-state index contributed by atoms with van der Waals surface area (Å²) in [5, 5.41) is 11.6. The predicted molar refractivity (Wildman–Crippen MR) is 70.3 cm³/mol. The summed E-state index contributed by atoms with van der Waals surface area (Å²) >= 11 is 0. The maximum atomic E-state index is 14.0. The highest BCUT2D eigenvalue weighted by Gasteiger charge is 2.61. The van der Waals surface area contributed by atoms with Gasteiger partial charge in [-0.25, -0.2) is 8.78 Å². The molecule has 8 heteroatoms. The zero-order valence-electron chi connectivity index (χ0n) is 11.5. The minimum Gasteiger partial charge on any atom is -0.485 e. The fourth-order valence-corrected chi connectivity index (χ4v) is 2.09. The molecule has 1 amide bonds. The van der Waals surface area contributed by atoms with Crippen molar-refractivity contribution in [3.05, 3.63) is 24.3 Å². The Balaban J connectivity index is 2.11. The van der Waals surface area contributed by atoms with Gasteiger partial charge in [-0.05, 0) is 31.4 Å². The molecule has 1 saturated carbocycles. The molecule has 2 N–H and O–H groups in total. The fraction of sp³-hybridized carbons (Fsp3) is 0.500. The second-order valence-corrected chi connectivity index (χ2v) is 5.11. The molecule has 0 unspecified atom stereocenters. The fourth-order valence-electron chi connectivity index (χ4n) is 2.09. The van der Waals surface area contributed by atoms with Crippen molar-refractivity contribution in [3.8, 4) is 5.75 Å². The lowest BCUT2D eigenvalue weighted by atomic mass is 9.75. The molecule has 1 aliphatic carbocycles. The molecule has 2 rings (SSSR count). The smallest absolute Gasteiger partial charge is 0.352 e. The van der Waals surface area contributed by atoms with Crippen LogP contribution in [0.5, 0.6) is 5.75 Å². The third kappa shape index (κ3) is 3.16. The number of anilines is 1. The van der Waals surface area contributed by atoms with E-state index in [0.29, 0.717) is 6.42 Å². The van der Waals surface area contributed by atoms with Gasteiger partial charge in [0.25, 0.3) is 12.3 Å². The van der Waals surface area contributed by atoms with E-state index in [1.54, 1.807) is 0 Å². The maximum absolute atomic E-state index is 14.0. The van der Waals surface area contributed by atoms with Crippen LogP contribution in [-0.4, -0.2) is 35.6 Å². The Morgan fingerprint density at radius 1 is 1.36 bits per heavy atom. The van der Waals surface area contributed by atoms with Crippen molar-refractivity contribution in [2.24, 2.45) is 0 Å². The first-order valence-corrected chi connectivity index (χ1v) is 6.68. The van der Waals surface area contributed by atoms with Crippen molar-refractivity contribution in [1.82, 2.24) is 0 Å². The van der Waals surface area contributed by atoms with Crippen molar-refractivity contribution in [1.29, 1.82) is 0 Å². The van der Waals surface area contributed by atoms with E-state index in [4.69, 9.17) is 4.74 Å². The molecular weight excluding hydrogens is 306 g/mol. The molecule has 0 heterocycles. The number of aliphatic hydroxyl groups is 1. The molecule has 1 aromatic rings. The summed E-state index contributed by atoms with van der Waals surface area (Å²) in [4.78, 5) is 11.7. The van der Waals surface area contributed by atoms with Gasteiger partial charge in [0.15, 0.2) is 0 Å². The molecule has 1 aromatic carbocycles. The largest absolute Gasteiger partial charge is 0.485 e. The van der Waals surface area contributed by atoms with Crippen molar-refractivity contribution in [2.45, 2.75) is 37.2 Å². The lowest BCUT2D eigenvalue weighted by Gasteiger charge is -2.41. The Kier molecular flexibility index (Phi) is 4.60. The van der Waals surface area contributed by atoms with Crippen molar-refractivity contribution >= 4 is 11.6 Å². The van der Waals surface area contributed by atoms with Crippen molar-refractivity contribution in [3.63, 3.8) is 0 Å². The first-order chi connectivity index (χ1) is 10.3. The van der Waals surface area contributed by atoms with E-state index in [1.165, 1.54) is 24.3 Å². The molecule has 0 spiro atoms. The number of hydrogen-bond acceptors (Lipinski definition) is 3. The van der Waals surface area contributed by atoms with Gasteiger partial charge >= 0.3 is 5.92 Å². The Morgan fingerprint density at radius 3 is 2.55 bits per heavy atom. The summed E-state index contributed by atoms with van der Waals surface area (Å²) in [6.45, 7) is -0.923. The van der Waals surface area contributed by atoms with Gasteiger partial charge in [0, 0.05) is 0 Å². The highest BCUT2D eigenvalue weighted by Crippen LogP contribution is 2.44. The number of carbonyl (C=O) groups excluding carboxylic acids is 1. The van der Waals surface area contributed by atoms with Crippen LogP contribution in [0, 0.1) is 0 Å². The lowest BCUT2D eigenvalue weighted by Crippen LogP contribution is -2.59. The zero-order chi connectivity index (χ0) is 16.4. The summed E-state index contributed by atoms with van der Waals surface area (Å²) in [6.07, 6.45) is -2.66. The molecule has 0 saturated heterocycles. The number of ether oxygens (including phenoxy) is 1. The quantitative estimate of drug-likeness (QED) is 0.792. The number of hydrogen-bond donors (Lipinski definition) is 2. The van der Waals surface area contributed by atoms with Gasteiger partial charge < -0.3 is 15.2 Å². The Bertz CT molecular complexity index is 547. The molecule has 0 atom stereocenters. The average Bonchev–Trinajstić information content (AvgIpc) is 2.43. The van der Waals surface area contributed by atoms with Crippen LogP contribution in [0.15, 0.2) is 24.3 Å². The summed E-state index contributed by atoms with van der Waals surface area (Å²) in [5.41, 5.74) is -2.51. The molecule has 4 nitrogen and oxygen atoms in total. The predicted octanol–water partition coefficient (Wildman–Crippen LogP) is 2.82. The zero-order valence-corrected chi connectivity index (χ0v) is 11.5. The molecule has 1 fully saturated rings. The molecule has 1 aliphatic rings. The van der Waals surface area contributed by atoms with Crippen molar-refractivity contribution < 1.29 is 32.2 Å². The van der Waals surface area contributed by atoms with Crippen LogP contribution in [0.25, 0.3) is 0 Å². The number of amides is 1. The summed E-state index contributed by atoms with van der Waals surface area (Å²) in [7, 11) is 0. The molecule has 0 aromatic heterocycles. The van der Waals surface area contributed by atoms with Crippen LogP contribution < -0.4 is 10.1 Å². The topological polar surface area (TPSA) is 58.6 Å². The number of para-hydroxylation sites is 2. The highest BCUT2D eigenvalue weighted by atomic mass is 19.3. The van der Waals surface area contributed by atoms with E-state index in [0.717, 1.165) is 0 Å². The van der Waals surface area contributed by atoms with Gasteiger partial charge in [-0.2, -0.15) is 8.78 Å². The number of nitrogens with one attached hydrogen (secondary N) is 1. The summed E-state index contributed by atoms with van der Waals surface area (Å²) in [6, 6.07) is 5.41. The summed E-state index contributed by atoms with van der Waals surface area (Å²) < 4.78 is 57.0. The van der Waals surface area contributed by atoms with Gasteiger partial charge in [-0.3, -0.25) is 4.79 Å². The third-order valence-corrected chi connectivity index (χ3v) is 3.55. The minimum absolute atomic E-state index is 0.146. The molecule has 22 heavy (non-hydrogen) atoms. The van der Waals surface area contributed by atoms with Gasteiger partial charge in [-0.15, -0.1) is 0 Å². The average molecular weight is 321 g/mol. The molecule has 122 valence electrons. The Morgan fingerprint density at radius 2 is 2.00 bits per heavy atom.